The number of aryl methyl sites for hydroxylation is 1. The number of amides is 1. The van der Waals surface area contributed by atoms with Gasteiger partial charge in [0, 0.05) is 6.54 Å². The first-order chi connectivity index (χ1) is 8.57. The lowest BCUT2D eigenvalue weighted by molar-refractivity contribution is -0.114. The van der Waals surface area contributed by atoms with Crippen LogP contribution in [-0.4, -0.2) is 18.2 Å². The Labute approximate surface area is 107 Å². The van der Waals surface area contributed by atoms with E-state index in [2.05, 4.69) is 6.58 Å². The van der Waals surface area contributed by atoms with E-state index in [0.717, 1.165) is 29.7 Å². The third kappa shape index (κ3) is 1.86. The average molecular weight is 243 g/mol. The van der Waals surface area contributed by atoms with Gasteiger partial charge in [-0.1, -0.05) is 12.1 Å². The van der Waals surface area contributed by atoms with Crippen LogP contribution >= 0.6 is 0 Å². The van der Waals surface area contributed by atoms with Crippen LogP contribution in [0.25, 0.3) is 0 Å². The summed E-state index contributed by atoms with van der Waals surface area (Å²) in [6.45, 7) is 8.19. The van der Waals surface area contributed by atoms with Crippen LogP contribution in [-0.2, 0) is 4.79 Å². The summed E-state index contributed by atoms with van der Waals surface area (Å²) in [4.78, 5) is 25.5. The Morgan fingerprint density at radius 3 is 2.67 bits per heavy atom. The minimum Gasteiger partial charge on any atom is -0.304 e. The highest BCUT2D eigenvalue weighted by Crippen LogP contribution is 2.34. The molecule has 1 aliphatic heterocycles. The molecule has 1 aromatic rings. The minimum atomic E-state index is -0.400. The maximum Gasteiger partial charge on any atom is 0.299 e. The van der Waals surface area contributed by atoms with Gasteiger partial charge in [0.2, 0.25) is 0 Å². The molecule has 0 atom stereocenters. The number of carbonyl (C=O) groups excluding carboxylic acids is 2. The van der Waals surface area contributed by atoms with Gasteiger partial charge in [-0.3, -0.25) is 9.59 Å². The van der Waals surface area contributed by atoms with Crippen LogP contribution in [0.5, 0.6) is 0 Å². The van der Waals surface area contributed by atoms with E-state index in [1.807, 2.05) is 26.0 Å². The fourth-order valence-corrected chi connectivity index (χ4v) is 2.28. The Hall–Kier alpha value is -1.90. The van der Waals surface area contributed by atoms with Crippen LogP contribution in [0, 0.1) is 13.8 Å². The lowest BCUT2D eigenvalue weighted by atomic mass is 10.0. The van der Waals surface area contributed by atoms with Gasteiger partial charge in [0.25, 0.3) is 11.7 Å². The molecular formula is C15H17NO2. The number of unbranched alkanes of at least 4 members (excludes halogenated alkanes) is 1. The van der Waals surface area contributed by atoms with E-state index in [1.54, 1.807) is 11.0 Å². The normalized spacial score (nSPS) is 14.0. The van der Waals surface area contributed by atoms with E-state index in [0.29, 0.717) is 12.1 Å². The number of fused-ring (bicyclic) bond motifs is 1. The first-order valence-electron chi connectivity index (χ1n) is 6.15. The molecular weight excluding hydrogens is 226 g/mol. The van der Waals surface area contributed by atoms with E-state index < -0.39 is 5.91 Å². The molecule has 2 rings (SSSR count). The Morgan fingerprint density at radius 1 is 1.28 bits per heavy atom. The van der Waals surface area contributed by atoms with Gasteiger partial charge in [-0.05, 0) is 43.9 Å². The molecule has 0 N–H and O–H groups in total. The molecule has 0 fully saturated rings. The lowest BCUT2D eigenvalue weighted by Gasteiger charge is -2.19. The summed E-state index contributed by atoms with van der Waals surface area (Å²) in [6.07, 6.45) is 3.50. The molecule has 0 saturated carbocycles. The van der Waals surface area contributed by atoms with Crippen molar-refractivity contribution >= 4 is 17.4 Å². The van der Waals surface area contributed by atoms with Gasteiger partial charge < -0.3 is 4.90 Å². The fraction of sp³-hybridized carbons (Fsp3) is 0.333. The number of allylic oxidation sites excluding steroid dienone is 1. The molecule has 0 spiro atoms. The highest BCUT2D eigenvalue weighted by Gasteiger charge is 2.36. The zero-order chi connectivity index (χ0) is 13.3. The summed E-state index contributed by atoms with van der Waals surface area (Å²) in [5.74, 6) is -0.783. The van der Waals surface area contributed by atoms with Crippen molar-refractivity contribution in [2.45, 2.75) is 26.7 Å². The first kappa shape index (κ1) is 12.6. The topological polar surface area (TPSA) is 37.4 Å². The number of hydrogen-bond donors (Lipinski definition) is 0. The van der Waals surface area contributed by atoms with E-state index in [-0.39, 0.29) is 5.78 Å². The van der Waals surface area contributed by atoms with Gasteiger partial charge in [-0.25, -0.2) is 0 Å². The van der Waals surface area contributed by atoms with E-state index >= 15 is 0 Å². The summed E-state index contributed by atoms with van der Waals surface area (Å²) in [6, 6.07) is 3.65. The van der Waals surface area contributed by atoms with Crippen LogP contribution in [0.3, 0.4) is 0 Å². The average Bonchev–Trinajstić information content (AvgIpc) is 2.60. The predicted octanol–water partition coefficient (Wildman–Crippen LogP) is 2.80. The van der Waals surface area contributed by atoms with Crippen LogP contribution in [0.15, 0.2) is 24.8 Å². The first-order valence-corrected chi connectivity index (χ1v) is 6.15. The minimum absolute atomic E-state index is 0.383. The predicted molar refractivity (Wildman–Crippen MR) is 72.0 cm³/mol. The number of Topliss-reactive ketones (excluding diaryl/α,β-unsaturated/α-hetero) is 1. The van der Waals surface area contributed by atoms with Crippen molar-refractivity contribution in [2.24, 2.45) is 0 Å². The van der Waals surface area contributed by atoms with Gasteiger partial charge in [-0.15, -0.1) is 6.58 Å². The summed E-state index contributed by atoms with van der Waals surface area (Å²) in [5.41, 5.74) is 3.46. The second kappa shape index (κ2) is 4.77. The molecule has 1 heterocycles. The lowest BCUT2D eigenvalue weighted by Crippen LogP contribution is -2.31. The van der Waals surface area contributed by atoms with Crippen molar-refractivity contribution in [1.29, 1.82) is 0 Å². The molecule has 3 heteroatoms. The monoisotopic (exact) mass is 243 g/mol. The van der Waals surface area contributed by atoms with Crippen LogP contribution in [0.2, 0.25) is 0 Å². The molecule has 0 aromatic heterocycles. The smallest absolute Gasteiger partial charge is 0.299 e. The Kier molecular flexibility index (Phi) is 3.32. The molecule has 0 unspecified atom stereocenters. The third-order valence-corrected chi connectivity index (χ3v) is 3.45. The second-order valence-corrected chi connectivity index (χ2v) is 4.62. The summed E-state index contributed by atoms with van der Waals surface area (Å²) < 4.78 is 0. The Morgan fingerprint density at radius 2 is 2.00 bits per heavy atom. The van der Waals surface area contributed by atoms with Crippen molar-refractivity contribution in [3.05, 3.63) is 41.5 Å². The van der Waals surface area contributed by atoms with Gasteiger partial charge in [0.05, 0.1) is 11.3 Å². The van der Waals surface area contributed by atoms with Crippen LogP contribution in [0.4, 0.5) is 5.69 Å². The molecule has 0 radical (unpaired) electrons. The summed E-state index contributed by atoms with van der Waals surface area (Å²) in [7, 11) is 0. The number of anilines is 1. The molecule has 1 aliphatic rings. The highest BCUT2D eigenvalue weighted by molar-refractivity contribution is 6.52. The van der Waals surface area contributed by atoms with Crippen molar-refractivity contribution in [3.8, 4) is 0 Å². The maximum absolute atomic E-state index is 12.0. The zero-order valence-corrected chi connectivity index (χ0v) is 10.8. The number of hydrogen-bond acceptors (Lipinski definition) is 2. The number of nitrogens with zero attached hydrogens (tertiary/aromatic N) is 1. The van der Waals surface area contributed by atoms with E-state index in [4.69, 9.17) is 0 Å². The largest absolute Gasteiger partial charge is 0.304 e. The van der Waals surface area contributed by atoms with Crippen LogP contribution in [0.1, 0.15) is 34.3 Å². The molecule has 94 valence electrons. The zero-order valence-electron chi connectivity index (χ0n) is 10.8. The van der Waals surface area contributed by atoms with Gasteiger partial charge in [0.15, 0.2) is 0 Å². The summed E-state index contributed by atoms with van der Waals surface area (Å²) >= 11 is 0. The molecule has 0 bridgehead atoms. The Bertz CT molecular complexity index is 532. The Balaban J connectivity index is 2.40. The van der Waals surface area contributed by atoms with Crippen LogP contribution < -0.4 is 4.90 Å². The van der Waals surface area contributed by atoms with E-state index in [9.17, 15) is 9.59 Å². The number of benzene rings is 1. The number of ketones is 1. The van der Waals surface area contributed by atoms with Crippen molar-refractivity contribution < 1.29 is 9.59 Å². The van der Waals surface area contributed by atoms with Crippen molar-refractivity contribution in [3.63, 3.8) is 0 Å². The molecule has 1 amide bonds. The molecule has 0 aliphatic carbocycles. The van der Waals surface area contributed by atoms with Gasteiger partial charge in [-0.2, -0.15) is 0 Å². The molecule has 0 saturated heterocycles. The standard InChI is InChI=1S/C15H17NO2/c1-4-5-6-9-16-13-11(3)10(2)7-8-12(13)14(17)15(16)18/h4,7-8H,1,5-6,9H2,2-3H3. The maximum atomic E-state index is 12.0. The second-order valence-electron chi connectivity index (χ2n) is 4.62. The van der Waals surface area contributed by atoms with Gasteiger partial charge >= 0.3 is 0 Å². The molecule has 18 heavy (non-hydrogen) atoms. The molecule has 1 aromatic carbocycles. The third-order valence-electron chi connectivity index (χ3n) is 3.45. The van der Waals surface area contributed by atoms with Gasteiger partial charge in [0.1, 0.15) is 0 Å². The fourth-order valence-electron chi connectivity index (χ4n) is 2.28. The highest BCUT2D eigenvalue weighted by atomic mass is 16.2. The number of rotatable bonds is 4. The van der Waals surface area contributed by atoms with Crippen molar-refractivity contribution in [2.75, 3.05) is 11.4 Å². The molecule has 3 nitrogen and oxygen atoms in total. The quantitative estimate of drug-likeness (QED) is 0.463. The summed E-state index contributed by atoms with van der Waals surface area (Å²) in [5, 5.41) is 0. The van der Waals surface area contributed by atoms with E-state index in [1.165, 1.54) is 0 Å². The SMILES string of the molecule is C=CCCCN1C(=O)C(=O)c2ccc(C)c(C)c21. The number of carbonyl (C=O) groups is 2. The van der Waals surface area contributed by atoms with Crippen molar-refractivity contribution in [1.82, 2.24) is 0 Å².